The van der Waals surface area contributed by atoms with Gasteiger partial charge >= 0.3 is 0 Å². The molecule has 0 unspecified atom stereocenters. The SMILES string of the molecule is Cc1cc(Br)ccc1NC(=O)CCc1c(C)nn(-c2ccccc2)c1C. The van der Waals surface area contributed by atoms with Gasteiger partial charge in [0, 0.05) is 22.3 Å². The molecule has 1 amide bonds. The van der Waals surface area contributed by atoms with Gasteiger partial charge in [0.2, 0.25) is 5.91 Å². The Bertz CT molecular complexity index is 932. The number of aryl methyl sites for hydroxylation is 2. The number of nitrogens with zero attached hydrogens (tertiary/aromatic N) is 2. The Morgan fingerprint density at radius 1 is 1.12 bits per heavy atom. The molecule has 0 radical (unpaired) electrons. The molecule has 4 nitrogen and oxygen atoms in total. The number of anilines is 1. The normalized spacial score (nSPS) is 10.8. The summed E-state index contributed by atoms with van der Waals surface area (Å²) in [4.78, 5) is 12.4. The fraction of sp³-hybridized carbons (Fsp3) is 0.238. The highest BCUT2D eigenvalue weighted by Crippen LogP contribution is 2.22. The molecule has 0 aliphatic rings. The van der Waals surface area contributed by atoms with Crippen LogP contribution in [0.3, 0.4) is 0 Å². The van der Waals surface area contributed by atoms with Crippen LogP contribution in [0.4, 0.5) is 5.69 Å². The first-order chi connectivity index (χ1) is 12.5. The number of carbonyl (C=O) groups is 1. The second kappa shape index (κ2) is 7.87. The zero-order chi connectivity index (χ0) is 18.7. The van der Waals surface area contributed by atoms with Gasteiger partial charge in [0.25, 0.3) is 0 Å². The lowest BCUT2D eigenvalue weighted by molar-refractivity contribution is -0.116. The maximum absolute atomic E-state index is 12.4. The average molecular weight is 412 g/mol. The van der Waals surface area contributed by atoms with Crippen molar-refractivity contribution >= 4 is 27.5 Å². The fourth-order valence-corrected chi connectivity index (χ4v) is 3.55. The third kappa shape index (κ3) is 4.05. The zero-order valence-electron chi connectivity index (χ0n) is 15.2. The van der Waals surface area contributed by atoms with Gasteiger partial charge < -0.3 is 5.32 Å². The number of aromatic nitrogens is 2. The number of amides is 1. The molecule has 0 saturated heterocycles. The smallest absolute Gasteiger partial charge is 0.224 e. The predicted octanol–water partition coefficient (Wildman–Crippen LogP) is 5.13. The Morgan fingerprint density at radius 3 is 2.54 bits per heavy atom. The van der Waals surface area contributed by atoms with Crippen molar-refractivity contribution in [3.63, 3.8) is 0 Å². The van der Waals surface area contributed by atoms with Gasteiger partial charge in [-0.15, -0.1) is 0 Å². The highest BCUT2D eigenvalue weighted by atomic mass is 79.9. The molecule has 5 heteroatoms. The molecule has 0 aliphatic carbocycles. The predicted molar refractivity (Wildman–Crippen MR) is 109 cm³/mol. The first kappa shape index (κ1) is 18.4. The van der Waals surface area contributed by atoms with E-state index in [0.717, 1.165) is 38.4 Å². The average Bonchev–Trinajstić information content (AvgIpc) is 2.90. The number of nitrogens with one attached hydrogen (secondary N) is 1. The van der Waals surface area contributed by atoms with E-state index >= 15 is 0 Å². The molecular formula is C21H22BrN3O. The molecule has 1 heterocycles. The maximum atomic E-state index is 12.4. The summed E-state index contributed by atoms with van der Waals surface area (Å²) in [5, 5.41) is 7.64. The summed E-state index contributed by atoms with van der Waals surface area (Å²) in [6.07, 6.45) is 1.10. The molecule has 0 spiro atoms. The number of hydrogen-bond acceptors (Lipinski definition) is 2. The Hall–Kier alpha value is -2.40. The van der Waals surface area contributed by atoms with Gasteiger partial charge in [-0.05, 0) is 68.7 Å². The van der Waals surface area contributed by atoms with Crippen LogP contribution in [0.25, 0.3) is 5.69 Å². The molecule has 0 atom stereocenters. The molecule has 3 aromatic rings. The monoisotopic (exact) mass is 411 g/mol. The molecule has 26 heavy (non-hydrogen) atoms. The molecule has 0 fully saturated rings. The minimum atomic E-state index is 0.0154. The molecule has 1 N–H and O–H groups in total. The van der Waals surface area contributed by atoms with Crippen LogP contribution in [-0.4, -0.2) is 15.7 Å². The van der Waals surface area contributed by atoms with Crippen LogP contribution in [0.5, 0.6) is 0 Å². The number of halogens is 1. The van der Waals surface area contributed by atoms with Gasteiger partial charge in [0.15, 0.2) is 0 Å². The van der Waals surface area contributed by atoms with Crippen LogP contribution < -0.4 is 5.32 Å². The van der Waals surface area contributed by atoms with Crippen molar-refractivity contribution in [1.29, 1.82) is 0 Å². The number of carbonyl (C=O) groups excluding carboxylic acids is 1. The molecular weight excluding hydrogens is 390 g/mol. The largest absolute Gasteiger partial charge is 0.326 e. The van der Waals surface area contributed by atoms with E-state index in [0.29, 0.717) is 12.8 Å². The fourth-order valence-electron chi connectivity index (χ4n) is 3.08. The van der Waals surface area contributed by atoms with Crippen molar-refractivity contribution in [2.75, 3.05) is 5.32 Å². The Labute approximate surface area is 162 Å². The lowest BCUT2D eigenvalue weighted by Gasteiger charge is -2.09. The maximum Gasteiger partial charge on any atom is 0.224 e. The lowest BCUT2D eigenvalue weighted by atomic mass is 10.1. The first-order valence-corrected chi connectivity index (χ1v) is 9.41. The molecule has 2 aromatic carbocycles. The van der Waals surface area contributed by atoms with Gasteiger partial charge in [-0.25, -0.2) is 4.68 Å². The van der Waals surface area contributed by atoms with Crippen LogP contribution in [0, 0.1) is 20.8 Å². The van der Waals surface area contributed by atoms with E-state index in [4.69, 9.17) is 0 Å². The van der Waals surface area contributed by atoms with E-state index < -0.39 is 0 Å². The molecule has 0 aliphatic heterocycles. The van der Waals surface area contributed by atoms with Crippen molar-refractivity contribution in [3.05, 3.63) is 75.5 Å². The summed E-state index contributed by atoms with van der Waals surface area (Å²) >= 11 is 3.44. The Balaban J connectivity index is 1.70. The van der Waals surface area contributed by atoms with Gasteiger partial charge in [-0.1, -0.05) is 34.1 Å². The molecule has 0 bridgehead atoms. The van der Waals surface area contributed by atoms with Crippen molar-refractivity contribution < 1.29 is 4.79 Å². The molecule has 0 saturated carbocycles. The lowest BCUT2D eigenvalue weighted by Crippen LogP contribution is -2.13. The minimum Gasteiger partial charge on any atom is -0.326 e. The van der Waals surface area contributed by atoms with E-state index in [9.17, 15) is 4.79 Å². The summed E-state index contributed by atoms with van der Waals surface area (Å²) in [5.41, 5.74) is 6.12. The van der Waals surface area contributed by atoms with Crippen molar-refractivity contribution in [3.8, 4) is 5.69 Å². The van der Waals surface area contributed by atoms with Crippen LogP contribution in [0.15, 0.2) is 53.0 Å². The highest BCUT2D eigenvalue weighted by molar-refractivity contribution is 9.10. The Morgan fingerprint density at radius 2 is 1.85 bits per heavy atom. The zero-order valence-corrected chi connectivity index (χ0v) is 16.8. The molecule has 3 rings (SSSR count). The highest BCUT2D eigenvalue weighted by Gasteiger charge is 2.14. The van der Waals surface area contributed by atoms with E-state index in [-0.39, 0.29) is 5.91 Å². The third-order valence-electron chi connectivity index (χ3n) is 4.51. The van der Waals surface area contributed by atoms with E-state index in [1.165, 1.54) is 0 Å². The van der Waals surface area contributed by atoms with E-state index in [1.807, 2.05) is 67.1 Å². The van der Waals surface area contributed by atoms with Crippen LogP contribution in [0.1, 0.15) is 28.9 Å². The Kier molecular flexibility index (Phi) is 5.57. The van der Waals surface area contributed by atoms with Crippen LogP contribution in [0.2, 0.25) is 0 Å². The third-order valence-corrected chi connectivity index (χ3v) is 5.00. The minimum absolute atomic E-state index is 0.0154. The number of hydrogen-bond donors (Lipinski definition) is 1. The number of para-hydroxylation sites is 1. The van der Waals surface area contributed by atoms with Crippen molar-refractivity contribution in [1.82, 2.24) is 9.78 Å². The van der Waals surface area contributed by atoms with Gasteiger partial charge in [-0.3, -0.25) is 4.79 Å². The second-order valence-electron chi connectivity index (χ2n) is 6.40. The second-order valence-corrected chi connectivity index (χ2v) is 7.32. The first-order valence-electron chi connectivity index (χ1n) is 8.62. The van der Waals surface area contributed by atoms with E-state index in [2.05, 4.69) is 33.3 Å². The van der Waals surface area contributed by atoms with Crippen LogP contribution in [-0.2, 0) is 11.2 Å². The van der Waals surface area contributed by atoms with Crippen LogP contribution >= 0.6 is 15.9 Å². The number of rotatable bonds is 5. The van der Waals surface area contributed by atoms with Gasteiger partial charge in [-0.2, -0.15) is 5.10 Å². The number of benzene rings is 2. The summed E-state index contributed by atoms with van der Waals surface area (Å²) in [6.45, 7) is 6.04. The summed E-state index contributed by atoms with van der Waals surface area (Å²) < 4.78 is 2.95. The van der Waals surface area contributed by atoms with Crippen molar-refractivity contribution in [2.24, 2.45) is 0 Å². The quantitative estimate of drug-likeness (QED) is 0.632. The van der Waals surface area contributed by atoms with Crippen molar-refractivity contribution in [2.45, 2.75) is 33.6 Å². The van der Waals surface area contributed by atoms with Gasteiger partial charge in [0.05, 0.1) is 11.4 Å². The summed E-state index contributed by atoms with van der Waals surface area (Å²) in [7, 11) is 0. The molecule has 1 aromatic heterocycles. The molecule has 134 valence electrons. The summed E-state index contributed by atoms with van der Waals surface area (Å²) in [6, 6.07) is 15.9. The van der Waals surface area contributed by atoms with Gasteiger partial charge in [0.1, 0.15) is 0 Å². The summed E-state index contributed by atoms with van der Waals surface area (Å²) in [5.74, 6) is 0.0154. The van der Waals surface area contributed by atoms with E-state index in [1.54, 1.807) is 0 Å². The standard InChI is InChI=1S/C21H22BrN3O/c1-14-13-17(22)9-11-20(14)23-21(26)12-10-19-15(2)24-25(16(19)3)18-7-5-4-6-8-18/h4-9,11,13H,10,12H2,1-3H3,(H,23,26). The topological polar surface area (TPSA) is 46.9 Å².